The van der Waals surface area contributed by atoms with Gasteiger partial charge in [0, 0.05) is 48.7 Å². The van der Waals surface area contributed by atoms with Gasteiger partial charge in [0.2, 0.25) is 0 Å². The molecule has 1 saturated carbocycles. The van der Waals surface area contributed by atoms with Gasteiger partial charge in [0.25, 0.3) is 0 Å². The molecule has 2 fully saturated rings. The molecule has 5 heteroatoms. The van der Waals surface area contributed by atoms with Gasteiger partial charge < -0.3 is 15.2 Å². The molecule has 0 amide bonds. The fourth-order valence-corrected chi connectivity index (χ4v) is 4.58. The minimum absolute atomic E-state index is 0.133. The van der Waals surface area contributed by atoms with Crippen molar-refractivity contribution in [3.8, 4) is 0 Å². The molecule has 0 radical (unpaired) electrons. The summed E-state index contributed by atoms with van der Waals surface area (Å²) < 4.78 is 5.53. The van der Waals surface area contributed by atoms with Gasteiger partial charge in [0.1, 0.15) is 0 Å². The molecule has 1 saturated heterocycles. The number of ether oxygens (including phenoxy) is 1. The van der Waals surface area contributed by atoms with E-state index in [0.29, 0.717) is 5.92 Å². The molecule has 1 aliphatic carbocycles. The van der Waals surface area contributed by atoms with E-state index in [9.17, 15) is 5.11 Å². The van der Waals surface area contributed by atoms with Crippen molar-refractivity contribution in [2.75, 3.05) is 26.4 Å². The average molecular weight is 310 g/mol. The van der Waals surface area contributed by atoms with Crippen LogP contribution in [0.4, 0.5) is 0 Å². The number of hydrogen-bond donors (Lipinski definition) is 2. The maximum Gasteiger partial charge on any atom is 0.0959 e. The summed E-state index contributed by atoms with van der Waals surface area (Å²) in [5, 5.41) is 14.1. The van der Waals surface area contributed by atoms with Gasteiger partial charge in [0.05, 0.1) is 11.6 Å². The molecule has 2 aliphatic rings. The summed E-state index contributed by atoms with van der Waals surface area (Å²) in [6.07, 6.45) is 9.28. The molecule has 0 aromatic carbocycles. The lowest BCUT2D eigenvalue weighted by atomic mass is 9.84. The smallest absolute Gasteiger partial charge is 0.0959 e. The monoisotopic (exact) mass is 310 g/mol. The predicted octanol–water partition coefficient (Wildman–Crippen LogP) is 2.68. The molecule has 2 heterocycles. The first-order chi connectivity index (χ1) is 10.3. The quantitative estimate of drug-likeness (QED) is 0.813. The average Bonchev–Trinajstić information content (AvgIpc) is 3.20. The van der Waals surface area contributed by atoms with Crippen LogP contribution in [0.15, 0.2) is 6.20 Å². The largest absolute Gasteiger partial charge is 0.396 e. The first kappa shape index (κ1) is 15.4. The molecule has 0 spiro atoms. The van der Waals surface area contributed by atoms with Crippen LogP contribution in [0.3, 0.4) is 0 Å². The lowest BCUT2D eigenvalue weighted by Crippen LogP contribution is -2.35. The SMILES string of the molecule is OCCC1(CNCc2cnc(C3CCCC3)s2)CCOC1. The van der Waals surface area contributed by atoms with Gasteiger partial charge in [-0.15, -0.1) is 11.3 Å². The molecule has 1 aromatic rings. The summed E-state index contributed by atoms with van der Waals surface area (Å²) in [6, 6.07) is 0. The molecule has 0 bridgehead atoms. The first-order valence-corrected chi connectivity index (χ1v) is 8.97. The second-order valence-electron chi connectivity index (χ2n) is 6.53. The van der Waals surface area contributed by atoms with E-state index in [2.05, 4.69) is 10.3 Å². The van der Waals surface area contributed by atoms with Crippen molar-refractivity contribution in [1.29, 1.82) is 0 Å². The molecule has 1 aliphatic heterocycles. The Morgan fingerprint density at radius 1 is 1.43 bits per heavy atom. The van der Waals surface area contributed by atoms with E-state index >= 15 is 0 Å². The lowest BCUT2D eigenvalue weighted by molar-refractivity contribution is 0.124. The minimum atomic E-state index is 0.133. The highest BCUT2D eigenvalue weighted by molar-refractivity contribution is 7.11. The number of nitrogens with zero attached hydrogens (tertiary/aromatic N) is 1. The zero-order valence-corrected chi connectivity index (χ0v) is 13.5. The standard InChI is InChI=1S/C16H26N2O2S/c19-7-5-16(6-8-20-12-16)11-17-9-14-10-18-15(21-14)13-3-1-2-4-13/h10,13,17,19H,1-9,11-12H2. The maximum atomic E-state index is 9.24. The van der Waals surface area contributed by atoms with E-state index < -0.39 is 0 Å². The molecular formula is C16H26N2O2S. The Bertz CT molecular complexity index is 437. The van der Waals surface area contributed by atoms with Gasteiger partial charge in [-0.25, -0.2) is 4.98 Å². The molecule has 21 heavy (non-hydrogen) atoms. The van der Waals surface area contributed by atoms with Crippen molar-refractivity contribution in [2.24, 2.45) is 5.41 Å². The van der Waals surface area contributed by atoms with E-state index in [1.807, 2.05) is 17.5 Å². The topological polar surface area (TPSA) is 54.4 Å². The van der Waals surface area contributed by atoms with Crippen LogP contribution in [0.5, 0.6) is 0 Å². The second-order valence-corrected chi connectivity index (χ2v) is 7.67. The number of aliphatic hydroxyl groups is 1. The number of nitrogens with one attached hydrogen (secondary N) is 1. The van der Waals surface area contributed by atoms with Crippen molar-refractivity contribution in [3.05, 3.63) is 16.1 Å². The predicted molar refractivity (Wildman–Crippen MR) is 84.6 cm³/mol. The second kappa shape index (κ2) is 7.18. The summed E-state index contributed by atoms with van der Waals surface area (Å²) in [7, 11) is 0. The van der Waals surface area contributed by atoms with Crippen molar-refractivity contribution in [1.82, 2.24) is 10.3 Å². The lowest BCUT2D eigenvalue weighted by Gasteiger charge is -2.26. The van der Waals surface area contributed by atoms with Gasteiger partial charge in [-0.05, 0) is 25.7 Å². The van der Waals surface area contributed by atoms with E-state index in [1.54, 1.807) is 0 Å². The van der Waals surface area contributed by atoms with Crippen molar-refractivity contribution >= 4 is 11.3 Å². The number of aromatic nitrogens is 1. The summed E-state index contributed by atoms with van der Waals surface area (Å²) in [5.41, 5.74) is 0.133. The molecule has 1 atom stereocenters. The molecular weight excluding hydrogens is 284 g/mol. The Balaban J connectivity index is 1.48. The third-order valence-electron chi connectivity index (χ3n) is 4.90. The summed E-state index contributed by atoms with van der Waals surface area (Å²) in [6.45, 7) is 3.66. The Labute approximate surface area is 130 Å². The van der Waals surface area contributed by atoms with Crippen LogP contribution < -0.4 is 5.32 Å². The number of thiazole rings is 1. The van der Waals surface area contributed by atoms with Crippen LogP contribution >= 0.6 is 11.3 Å². The minimum Gasteiger partial charge on any atom is -0.396 e. The Kier molecular flexibility index (Phi) is 5.27. The van der Waals surface area contributed by atoms with Crippen LogP contribution in [0.2, 0.25) is 0 Å². The third kappa shape index (κ3) is 3.83. The molecule has 118 valence electrons. The van der Waals surface area contributed by atoms with Crippen molar-refractivity contribution in [3.63, 3.8) is 0 Å². The number of hydrogen-bond acceptors (Lipinski definition) is 5. The third-order valence-corrected chi connectivity index (χ3v) is 6.06. The van der Waals surface area contributed by atoms with Gasteiger partial charge in [-0.2, -0.15) is 0 Å². The molecule has 4 nitrogen and oxygen atoms in total. The van der Waals surface area contributed by atoms with Crippen molar-refractivity contribution < 1.29 is 9.84 Å². The summed E-state index contributed by atoms with van der Waals surface area (Å²) in [5.74, 6) is 0.715. The Morgan fingerprint density at radius 3 is 3.00 bits per heavy atom. The van der Waals surface area contributed by atoms with Crippen LogP contribution in [-0.4, -0.2) is 36.5 Å². The highest BCUT2D eigenvalue weighted by Crippen LogP contribution is 2.36. The first-order valence-electron chi connectivity index (χ1n) is 8.15. The van der Waals surface area contributed by atoms with E-state index in [4.69, 9.17) is 4.74 Å². The molecule has 1 unspecified atom stereocenters. The van der Waals surface area contributed by atoms with Gasteiger partial charge in [-0.3, -0.25) is 0 Å². The molecule has 1 aromatic heterocycles. The van der Waals surface area contributed by atoms with Gasteiger partial charge >= 0.3 is 0 Å². The van der Waals surface area contributed by atoms with E-state index in [1.165, 1.54) is 35.6 Å². The van der Waals surface area contributed by atoms with Crippen LogP contribution in [0, 0.1) is 5.41 Å². The normalized spacial score (nSPS) is 26.7. The van der Waals surface area contributed by atoms with Crippen LogP contribution in [0.25, 0.3) is 0 Å². The van der Waals surface area contributed by atoms with Gasteiger partial charge in [0.15, 0.2) is 0 Å². The summed E-state index contributed by atoms with van der Waals surface area (Å²) >= 11 is 1.87. The highest BCUT2D eigenvalue weighted by Gasteiger charge is 2.33. The zero-order valence-electron chi connectivity index (χ0n) is 12.6. The maximum absolute atomic E-state index is 9.24. The van der Waals surface area contributed by atoms with Crippen LogP contribution in [-0.2, 0) is 11.3 Å². The zero-order chi connectivity index (χ0) is 14.5. The fourth-order valence-electron chi connectivity index (χ4n) is 3.53. The Morgan fingerprint density at radius 2 is 2.29 bits per heavy atom. The highest BCUT2D eigenvalue weighted by atomic mass is 32.1. The number of aliphatic hydroxyl groups excluding tert-OH is 1. The van der Waals surface area contributed by atoms with Crippen LogP contribution in [0.1, 0.15) is 54.3 Å². The Hall–Kier alpha value is -0.490. The molecule has 2 N–H and O–H groups in total. The number of rotatable bonds is 7. The summed E-state index contributed by atoms with van der Waals surface area (Å²) in [4.78, 5) is 5.94. The van der Waals surface area contributed by atoms with Gasteiger partial charge in [-0.1, -0.05) is 12.8 Å². The fraction of sp³-hybridized carbons (Fsp3) is 0.812. The van der Waals surface area contributed by atoms with E-state index in [0.717, 1.165) is 39.1 Å². The molecule has 3 rings (SSSR count). The van der Waals surface area contributed by atoms with E-state index in [-0.39, 0.29) is 12.0 Å². The van der Waals surface area contributed by atoms with Crippen molar-refractivity contribution in [2.45, 2.75) is 51.0 Å².